The van der Waals surface area contributed by atoms with Crippen LogP contribution in [0.2, 0.25) is 0 Å². The molecule has 1 unspecified atom stereocenters. The van der Waals surface area contributed by atoms with Crippen LogP contribution >= 0.6 is 0 Å². The second-order valence-corrected chi connectivity index (χ2v) is 7.02. The first-order valence-corrected chi connectivity index (χ1v) is 8.78. The van der Waals surface area contributed by atoms with E-state index in [1.54, 1.807) is 0 Å². The molecule has 4 rings (SSSR count). The summed E-state index contributed by atoms with van der Waals surface area (Å²) in [6.07, 6.45) is 6.16. The Morgan fingerprint density at radius 3 is 2.76 bits per heavy atom. The van der Waals surface area contributed by atoms with Crippen LogP contribution < -0.4 is 5.73 Å². The molecule has 0 aliphatic carbocycles. The van der Waals surface area contributed by atoms with E-state index < -0.39 is 0 Å². The topological polar surface area (TPSA) is 67.9 Å². The van der Waals surface area contributed by atoms with E-state index >= 15 is 0 Å². The number of piperidine rings is 1. The number of likely N-dealkylation sites (N-methyl/N-ethyl adjacent to an activating group) is 1. The Morgan fingerprint density at radius 2 is 2.00 bits per heavy atom. The average molecular weight is 333 g/mol. The predicted octanol–water partition coefficient (Wildman–Crippen LogP) is 3.39. The number of hydrogen-bond acceptors (Lipinski definition) is 5. The molecule has 0 radical (unpaired) electrons. The van der Waals surface area contributed by atoms with Gasteiger partial charge in [-0.2, -0.15) is 0 Å². The van der Waals surface area contributed by atoms with Crippen LogP contribution in [0.5, 0.6) is 0 Å². The zero-order valence-corrected chi connectivity index (χ0v) is 14.7. The van der Waals surface area contributed by atoms with Gasteiger partial charge in [0, 0.05) is 35.6 Å². The van der Waals surface area contributed by atoms with Crippen LogP contribution in [0, 0.1) is 6.92 Å². The van der Waals surface area contributed by atoms with Gasteiger partial charge in [-0.25, -0.2) is 9.97 Å². The molecular weight excluding hydrogens is 310 g/mol. The van der Waals surface area contributed by atoms with E-state index in [0.29, 0.717) is 11.9 Å². The first kappa shape index (κ1) is 16.0. The van der Waals surface area contributed by atoms with Gasteiger partial charge in [0.2, 0.25) is 5.95 Å². The summed E-state index contributed by atoms with van der Waals surface area (Å²) in [4.78, 5) is 15.6. The Balaban J connectivity index is 1.88. The second kappa shape index (κ2) is 6.41. The number of nitrogens with zero attached hydrogens (tertiary/aromatic N) is 4. The van der Waals surface area contributed by atoms with Gasteiger partial charge in [0.15, 0.2) is 0 Å². The minimum absolute atomic E-state index is 0.336. The first-order chi connectivity index (χ1) is 12.1. The monoisotopic (exact) mass is 333 g/mol. The summed E-state index contributed by atoms with van der Waals surface area (Å²) < 4.78 is 0. The van der Waals surface area contributed by atoms with Gasteiger partial charge in [-0.3, -0.25) is 4.98 Å². The molecule has 0 bridgehead atoms. The molecule has 5 nitrogen and oxygen atoms in total. The lowest BCUT2D eigenvalue weighted by Gasteiger charge is -2.30. The highest BCUT2D eigenvalue weighted by atomic mass is 15.1. The molecule has 128 valence electrons. The third-order valence-corrected chi connectivity index (χ3v) is 5.04. The van der Waals surface area contributed by atoms with Crippen molar-refractivity contribution in [2.45, 2.75) is 25.7 Å². The van der Waals surface area contributed by atoms with Crippen LogP contribution in [-0.2, 0) is 0 Å². The lowest BCUT2D eigenvalue weighted by atomic mass is 9.87. The van der Waals surface area contributed by atoms with Crippen molar-refractivity contribution < 1.29 is 0 Å². The van der Waals surface area contributed by atoms with Crippen LogP contribution in [0.25, 0.3) is 22.0 Å². The van der Waals surface area contributed by atoms with E-state index in [4.69, 9.17) is 5.73 Å². The third kappa shape index (κ3) is 3.20. The highest BCUT2D eigenvalue weighted by molar-refractivity contribution is 5.88. The molecule has 2 aromatic heterocycles. The molecule has 0 spiro atoms. The fraction of sp³-hybridized carbons (Fsp3) is 0.350. The van der Waals surface area contributed by atoms with Crippen LogP contribution in [0.1, 0.15) is 30.0 Å². The third-order valence-electron chi connectivity index (χ3n) is 5.04. The molecular formula is C20H23N5. The molecule has 1 fully saturated rings. The highest BCUT2D eigenvalue weighted by Gasteiger charge is 2.22. The van der Waals surface area contributed by atoms with Gasteiger partial charge in [-0.15, -0.1) is 0 Å². The summed E-state index contributed by atoms with van der Waals surface area (Å²) in [5.41, 5.74) is 11.4. The van der Waals surface area contributed by atoms with Crippen molar-refractivity contribution in [2.24, 2.45) is 0 Å². The molecule has 25 heavy (non-hydrogen) atoms. The maximum absolute atomic E-state index is 5.87. The molecule has 1 aliphatic heterocycles. The lowest BCUT2D eigenvalue weighted by Crippen LogP contribution is -2.31. The van der Waals surface area contributed by atoms with Crippen LogP contribution in [0.4, 0.5) is 5.95 Å². The normalized spacial score (nSPS) is 18.6. The minimum atomic E-state index is 0.336. The van der Waals surface area contributed by atoms with Crippen molar-refractivity contribution in [3.8, 4) is 11.1 Å². The molecule has 0 amide bonds. The molecule has 3 aromatic rings. The average Bonchev–Trinajstić information content (AvgIpc) is 2.61. The number of aromatic nitrogens is 3. The van der Waals surface area contributed by atoms with Gasteiger partial charge in [0.1, 0.15) is 0 Å². The van der Waals surface area contributed by atoms with Gasteiger partial charge in [0.25, 0.3) is 0 Å². The number of aryl methyl sites for hydroxylation is 1. The van der Waals surface area contributed by atoms with Crippen molar-refractivity contribution in [3.05, 3.63) is 47.9 Å². The van der Waals surface area contributed by atoms with Crippen molar-refractivity contribution in [1.82, 2.24) is 19.9 Å². The van der Waals surface area contributed by atoms with E-state index in [2.05, 4.69) is 45.1 Å². The van der Waals surface area contributed by atoms with Crippen molar-refractivity contribution in [3.63, 3.8) is 0 Å². The zero-order chi connectivity index (χ0) is 17.4. The molecule has 1 aliphatic rings. The summed E-state index contributed by atoms with van der Waals surface area (Å²) in [7, 11) is 2.19. The minimum Gasteiger partial charge on any atom is -0.368 e. The Kier molecular flexibility index (Phi) is 4.09. The Morgan fingerprint density at radius 1 is 1.12 bits per heavy atom. The van der Waals surface area contributed by atoms with Gasteiger partial charge < -0.3 is 10.6 Å². The van der Waals surface area contributed by atoms with Gasteiger partial charge >= 0.3 is 0 Å². The zero-order valence-electron chi connectivity index (χ0n) is 14.7. The molecule has 1 saturated heterocycles. The molecule has 1 aromatic carbocycles. The Hall–Kier alpha value is -2.53. The number of rotatable bonds is 2. The SMILES string of the molecule is Cc1ccc(-c2cc(C3CCCN(C)C3)c3nc(N)ncc3c2)cn1. The standard InChI is InChI=1S/C20H23N5/c1-13-5-6-14(10-22-13)16-8-17-11-23-20(21)24-19(17)18(9-16)15-4-3-7-25(2)12-15/h5-6,8-11,15H,3-4,7,12H2,1-2H3,(H2,21,23,24). The number of fused-ring (bicyclic) bond motifs is 1. The van der Waals surface area contributed by atoms with Crippen LogP contribution in [0.15, 0.2) is 36.7 Å². The van der Waals surface area contributed by atoms with Gasteiger partial charge in [-0.05, 0) is 68.6 Å². The molecule has 2 N–H and O–H groups in total. The smallest absolute Gasteiger partial charge is 0.220 e. The summed E-state index contributed by atoms with van der Waals surface area (Å²) >= 11 is 0. The number of hydrogen-bond donors (Lipinski definition) is 1. The van der Waals surface area contributed by atoms with E-state index in [0.717, 1.165) is 40.8 Å². The van der Waals surface area contributed by atoms with Crippen molar-refractivity contribution in [2.75, 3.05) is 25.9 Å². The maximum atomic E-state index is 5.87. The number of nitrogens with two attached hydrogens (primary N) is 1. The van der Waals surface area contributed by atoms with E-state index in [1.807, 2.05) is 25.4 Å². The van der Waals surface area contributed by atoms with Gasteiger partial charge in [0.05, 0.1) is 5.52 Å². The summed E-state index contributed by atoms with van der Waals surface area (Å²) in [5.74, 6) is 0.802. The van der Waals surface area contributed by atoms with Gasteiger partial charge in [-0.1, -0.05) is 6.07 Å². The number of likely N-dealkylation sites (tertiary alicyclic amines) is 1. The van der Waals surface area contributed by atoms with Crippen LogP contribution in [-0.4, -0.2) is 40.0 Å². The highest BCUT2D eigenvalue weighted by Crippen LogP contribution is 2.34. The lowest BCUT2D eigenvalue weighted by molar-refractivity contribution is 0.251. The molecule has 5 heteroatoms. The largest absolute Gasteiger partial charge is 0.368 e. The summed E-state index contributed by atoms with van der Waals surface area (Å²) in [6, 6.07) is 8.58. The predicted molar refractivity (Wildman–Crippen MR) is 101 cm³/mol. The molecule has 0 saturated carbocycles. The number of nitrogen functional groups attached to an aromatic ring is 1. The number of benzene rings is 1. The Bertz CT molecular complexity index is 904. The Labute approximate surface area is 147 Å². The van der Waals surface area contributed by atoms with E-state index in [-0.39, 0.29) is 0 Å². The van der Waals surface area contributed by atoms with Crippen molar-refractivity contribution >= 4 is 16.9 Å². The fourth-order valence-electron chi connectivity index (χ4n) is 3.72. The molecule has 1 atom stereocenters. The van der Waals surface area contributed by atoms with Crippen LogP contribution in [0.3, 0.4) is 0 Å². The first-order valence-electron chi connectivity index (χ1n) is 8.78. The van der Waals surface area contributed by atoms with Crippen molar-refractivity contribution in [1.29, 1.82) is 0 Å². The molecule has 3 heterocycles. The number of pyridine rings is 1. The number of anilines is 1. The fourth-order valence-corrected chi connectivity index (χ4v) is 3.72. The van der Waals surface area contributed by atoms with E-state index in [1.165, 1.54) is 18.4 Å². The van der Waals surface area contributed by atoms with E-state index in [9.17, 15) is 0 Å². The summed E-state index contributed by atoms with van der Waals surface area (Å²) in [6.45, 7) is 4.21. The quantitative estimate of drug-likeness (QED) is 0.778. The maximum Gasteiger partial charge on any atom is 0.220 e. The summed E-state index contributed by atoms with van der Waals surface area (Å²) in [5, 5.41) is 1.04. The second-order valence-electron chi connectivity index (χ2n) is 7.02.